The van der Waals surface area contributed by atoms with Crippen molar-refractivity contribution in [3.8, 4) is 22.9 Å². The lowest BCUT2D eigenvalue weighted by Gasteiger charge is -2.34. The van der Waals surface area contributed by atoms with E-state index in [9.17, 15) is 22.7 Å². The number of ether oxygens (including phenoxy) is 2. The average molecular weight is 700 g/mol. The van der Waals surface area contributed by atoms with E-state index in [4.69, 9.17) is 9.47 Å². The molecule has 5 heterocycles. The van der Waals surface area contributed by atoms with Crippen molar-refractivity contribution in [1.82, 2.24) is 20.2 Å². The number of hydrogen-bond acceptors (Lipinski definition) is 8. The van der Waals surface area contributed by atoms with Crippen molar-refractivity contribution in [2.24, 2.45) is 17.3 Å². The molecule has 2 unspecified atom stereocenters. The fraction of sp³-hybridized carbons (Fsp3) is 0.500. The fourth-order valence-corrected chi connectivity index (χ4v) is 8.66. The molecule has 50 heavy (non-hydrogen) atoms. The highest BCUT2D eigenvalue weighted by Crippen LogP contribution is 2.49. The van der Waals surface area contributed by atoms with E-state index in [1.54, 1.807) is 0 Å². The van der Waals surface area contributed by atoms with Gasteiger partial charge in [0.05, 0.1) is 25.4 Å². The van der Waals surface area contributed by atoms with Crippen LogP contribution in [0.2, 0.25) is 0 Å². The number of nitrogens with zero attached hydrogens (tertiary/aromatic N) is 4. The molecule has 4 saturated heterocycles. The average Bonchev–Trinajstić information content (AvgIpc) is 3.31. The van der Waals surface area contributed by atoms with Crippen molar-refractivity contribution in [2.75, 3.05) is 57.4 Å². The highest BCUT2D eigenvalue weighted by atomic mass is 19.4. The normalized spacial score (nSPS) is 25.9. The van der Waals surface area contributed by atoms with Crippen LogP contribution < -0.4 is 15.0 Å². The second kappa shape index (κ2) is 11.6. The van der Waals surface area contributed by atoms with Gasteiger partial charge in [0.25, 0.3) is 0 Å². The topological polar surface area (TPSA) is 83.0 Å². The molecule has 4 aliphatic heterocycles. The summed E-state index contributed by atoms with van der Waals surface area (Å²) in [6.45, 7) is 5.42. The van der Waals surface area contributed by atoms with E-state index in [0.29, 0.717) is 24.9 Å². The van der Waals surface area contributed by atoms with Crippen molar-refractivity contribution >= 4 is 27.5 Å². The van der Waals surface area contributed by atoms with E-state index >= 15 is 8.78 Å². The molecule has 1 aromatic heterocycles. The lowest BCUT2D eigenvalue weighted by atomic mass is 9.91. The SMILES string of the molecule is Oc1cc(-c2c(C(F)(F)F)cc3c(N4CC5CCC(C4)N5)nc(OCC4(CN5C[C@H]6COC[C@@H]6C5)CC4)nc3c2F)c2c(F)c(F)ccc2c1. The molecule has 9 rings (SSSR count). The summed E-state index contributed by atoms with van der Waals surface area (Å²) in [6.07, 6.45) is -1.49. The van der Waals surface area contributed by atoms with E-state index in [-0.39, 0.29) is 46.7 Å². The number of rotatable bonds is 7. The van der Waals surface area contributed by atoms with Gasteiger partial charge in [-0.2, -0.15) is 23.1 Å². The molecule has 0 amide bonds. The molecule has 4 aromatic rings. The number of fused-ring (bicyclic) bond motifs is 5. The standard InChI is InChI=1S/C36H35F6N5O3/c37-27-4-1-18-7-23(48)8-24(28(18)30(27)38)29-26(36(40,41)42)9-25-32(31(29)39)44-34(45-33(25)47-12-21-2-3-22(13-47)43-21)50-17-35(5-6-35)16-46-10-19-14-49-15-20(19)11-46/h1,4,7-9,19-22,43,48H,2-3,5-6,10-17H2/t19-,20-,21?,22?/m0/s1. The van der Waals surface area contributed by atoms with Crippen molar-refractivity contribution in [3.63, 3.8) is 0 Å². The quantitative estimate of drug-likeness (QED) is 0.219. The number of piperazine rings is 1. The Labute approximate surface area is 283 Å². The third-order valence-corrected chi connectivity index (χ3v) is 11.3. The molecular weight excluding hydrogens is 664 g/mol. The molecule has 4 atom stereocenters. The van der Waals surface area contributed by atoms with Gasteiger partial charge in [0.15, 0.2) is 17.5 Å². The minimum Gasteiger partial charge on any atom is -0.508 e. The number of halogens is 6. The summed E-state index contributed by atoms with van der Waals surface area (Å²) in [5.74, 6) is -3.55. The second-order valence-electron chi connectivity index (χ2n) is 14.9. The smallest absolute Gasteiger partial charge is 0.417 e. The number of phenols is 1. The van der Waals surface area contributed by atoms with Crippen molar-refractivity contribution in [3.05, 3.63) is 53.3 Å². The largest absolute Gasteiger partial charge is 0.508 e. The number of likely N-dealkylation sites (tertiary alicyclic amines) is 1. The van der Waals surface area contributed by atoms with E-state index in [1.165, 1.54) is 0 Å². The predicted molar refractivity (Wildman–Crippen MR) is 173 cm³/mol. The van der Waals surface area contributed by atoms with Crippen LogP contribution in [0.5, 0.6) is 11.8 Å². The molecular formula is C36H35F6N5O3. The first-order valence-corrected chi connectivity index (χ1v) is 17.1. The van der Waals surface area contributed by atoms with Gasteiger partial charge in [0.2, 0.25) is 0 Å². The van der Waals surface area contributed by atoms with Crippen LogP contribution in [0.4, 0.5) is 32.2 Å². The highest BCUT2D eigenvalue weighted by molar-refractivity contribution is 6.03. The number of anilines is 1. The van der Waals surface area contributed by atoms with Crippen LogP contribution in [-0.4, -0.2) is 84.6 Å². The molecule has 5 fully saturated rings. The maximum atomic E-state index is 17.0. The zero-order valence-electron chi connectivity index (χ0n) is 27.0. The second-order valence-corrected chi connectivity index (χ2v) is 14.9. The van der Waals surface area contributed by atoms with E-state index in [2.05, 4.69) is 20.2 Å². The Morgan fingerprint density at radius 3 is 2.34 bits per heavy atom. The Morgan fingerprint density at radius 1 is 0.940 bits per heavy atom. The summed E-state index contributed by atoms with van der Waals surface area (Å²) < 4.78 is 103. The van der Waals surface area contributed by atoms with Gasteiger partial charge >= 0.3 is 12.2 Å². The maximum Gasteiger partial charge on any atom is 0.417 e. The Hall–Kier alpha value is -3.88. The van der Waals surface area contributed by atoms with Gasteiger partial charge in [-0.25, -0.2) is 13.2 Å². The van der Waals surface area contributed by atoms with Crippen LogP contribution in [0.3, 0.4) is 0 Å². The third kappa shape index (κ3) is 5.50. The molecule has 2 bridgehead atoms. The van der Waals surface area contributed by atoms with Crippen molar-refractivity contribution in [2.45, 2.75) is 43.9 Å². The number of nitrogens with one attached hydrogen (secondary N) is 1. The first-order chi connectivity index (χ1) is 23.9. The van der Waals surface area contributed by atoms with Crippen LogP contribution in [-0.2, 0) is 10.9 Å². The first kappa shape index (κ1) is 32.1. The van der Waals surface area contributed by atoms with Crippen LogP contribution in [0.25, 0.3) is 32.8 Å². The predicted octanol–water partition coefficient (Wildman–Crippen LogP) is 6.27. The lowest BCUT2D eigenvalue weighted by molar-refractivity contribution is -0.137. The summed E-state index contributed by atoms with van der Waals surface area (Å²) in [5, 5.41) is 13.1. The number of phenolic OH excluding ortho intramolecular Hbond substituents is 1. The summed E-state index contributed by atoms with van der Waals surface area (Å²) in [4.78, 5) is 13.3. The van der Waals surface area contributed by atoms with Crippen LogP contribution >= 0.6 is 0 Å². The van der Waals surface area contributed by atoms with Gasteiger partial charge < -0.3 is 29.7 Å². The Kier molecular flexibility index (Phi) is 7.42. The molecule has 0 spiro atoms. The molecule has 8 nitrogen and oxygen atoms in total. The highest BCUT2D eigenvalue weighted by Gasteiger charge is 2.48. The molecule has 264 valence electrons. The van der Waals surface area contributed by atoms with Gasteiger partial charge in [-0.1, -0.05) is 6.07 Å². The Bertz CT molecular complexity index is 2000. The summed E-state index contributed by atoms with van der Waals surface area (Å²) in [7, 11) is 0. The Balaban J connectivity index is 1.17. The number of hydrogen-bond donors (Lipinski definition) is 2. The summed E-state index contributed by atoms with van der Waals surface area (Å²) in [6, 6.07) is 4.59. The number of benzene rings is 3. The monoisotopic (exact) mass is 699 g/mol. The molecule has 1 saturated carbocycles. The van der Waals surface area contributed by atoms with Gasteiger partial charge in [0, 0.05) is 78.4 Å². The zero-order valence-corrected chi connectivity index (χ0v) is 27.0. The molecule has 2 N–H and O–H groups in total. The van der Waals surface area contributed by atoms with E-state index in [0.717, 1.165) is 88.9 Å². The van der Waals surface area contributed by atoms with Crippen LogP contribution in [0.15, 0.2) is 30.3 Å². The van der Waals surface area contributed by atoms with Gasteiger partial charge in [-0.05, 0) is 60.9 Å². The van der Waals surface area contributed by atoms with Gasteiger partial charge in [-0.15, -0.1) is 0 Å². The molecule has 0 radical (unpaired) electrons. The molecule has 1 aliphatic carbocycles. The van der Waals surface area contributed by atoms with E-state index in [1.807, 2.05) is 4.90 Å². The molecule has 14 heteroatoms. The third-order valence-electron chi connectivity index (χ3n) is 11.3. The molecule has 3 aromatic carbocycles. The Morgan fingerprint density at radius 2 is 1.66 bits per heavy atom. The van der Waals surface area contributed by atoms with Gasteiger partial charge in [-0.3, -0.25) is 0 Å². The summed E-state index contributed by atoms with van der Waals surface area (Å²) >= 11 is 0. The van der Waals surface area contributed by atoms with E-state index < -0.39 is 57.0 Å². The summed E-state index contributed by atoms with van der Waals surface area (Å²) in [5.41, 5.74) is -3.70. The van der Waals surface area contributed by atoms with Crippen molar-refractivity contribution in [1.29, 1.82) is 0 Å². The number of aromatic nitrogens is 2. The van der Waals surface area contributed by atoms with Crippen LogP contribution in [0.1, 0.15) is 31.2 Å². The maximum absolute atomic E-state index is 17.0. The number of alkyl halides is 3. The molecule has 5 aliphatic rings. The number of aromatic hydroxyl groups is 1. The van der Waals surface area contributed by atoms with Crippen molar-refractivity contribution < 1.29 is 40.9 Å². The fourth-order valence-electron chi connectivity index (χ4n) is 8.66. The lowest BCUT2D eigenvalue weighted by Crippen LogP contribution is -2.51. The first-order valence-electron chi connectivity index (χ1n) is 17.1. The van der Waals surface area contributed by atoms with Crippen LogP contribution in [0, 0.1) is 34.7 Å². The minimum absolute atomic E-state index is 0.0889. The zero-order chi connectivity index (χ0) is 34.5. The minimum atomic E-state index is -5.13. The van der Waals surface area contributed by atoms with Gasteiger partial charge in [0.1, 0.15) is 17.1 Å².